The van der Waals surface area contributed by atoms with Crippen LogP contribution in [0.15, 0.2) is 47.4 Å². The number of piperidine rings is 2. The zero-order valence-corrected chi connectivity index (χ0v) is 30.0. The highest BCUT2D eigenvalue weighted by atomic mass is 16.5. The minimum absolute atomic E-state index is 0.0194. The molecule has 1 aromatic heterocycles. The standard InChI is InChI=1S/C38H47N5O8/c1-24-18-27(22-40(2)36(24)45)26-20-33(49-4)30(34(21-26)50-5)23-41-13-8-28(9-14-41)51-29-10-15-42(16-11-29)37(46)25-6-7-32(48-3)31(19-25)43-17-12-35(44)39-38(43)47/h6-7,18-22,28-29H,8-17,23H2,1-5H3,(H,39,44,47). The van der Waals surface area contributed by atoms with E-state index in [-0.39, 0.29) is 42.5 Å². The molecule has 4 amide bonds. The van der Waals surface area contributed by atoms with Gasteiger partial charge in [-0.15, -0.1) is 0 Å². The monoisotopic (exact) mass is 701 g/mol. The van der Waals surface area contributed by atoms with E-state index in [1.165, 1.54) is 12.0 Å². The van der Waals surface area contributed by atoms with Crippen LogP contribution in [0.4, 0.5) is 10.5 Å². The first-order chi connectivity index (χ1) is 24.6. The number of rotatable bonds is 10. The lowest BCUT2D eigenvalue weighted by molar-refractivity contribution is -0.120. The number of urea groups is 1. The fraction of sp³-hybridized carbons (Fsp3) is 0.474. The number of benzene rings is 2. The van der Waals surface area contributed by atoms with Gasteiger partial charge in [0.15, 0.2) is 0 Å². The van der Waals surface area contributed by atoms with Gasteiger partial charge in [-0.2, -0.15) is 0 Å². The molecule has 6 rings (SSSR count). The van der Waals surface area contributed by atoms with Crippen LogP contribution in [0.5, 0.6) is 17.2 Å². The van der Waals surface area contributed by atoms with Crippen LogP contribution in [0.25, 0.3) is 11.1 Å². The Balaban J connectivity index is 1.02. The SMILES string of the molecule is COc1ccc(C(=O)N2CCC(OC3CCN(Cc4c(OC)cc(-c5cc(C)c(=O)n(C)c5)cc4OC)CC3)CC2)cc1N1CCC(=O)NC1=O. The van der Waals surface area contributed by atoms with Crippen molar-refractivity contribution in [3.8, 4) is 28.4 Å². The maximum atomic E-state index is 13.5. The summed E-state index contributed by atoms with van der Waals surface area (Å²) in [7, 11) is 6.60. The number of methoxy groups -OCH3 is 3. The number of nitrogens with one attached hydrogen (secondary N) is 1. The number of pyridine rings is 1. The van der Waals surface area contributed by atoms with Crippen molar-refractivity contribution in [1.82, 2.24) is 19.7 Å². The van der Waals surface area contributed by atoms with Crippen molar-refractivity contribution >= 4 is 23.5 Å². The van der Waals surface area contributed by atoms with Crippen LogP contribution in [0, 0.1) is 6.92 Å². The van der Waals surface area contributed by atoms with Crippen molar-refractivity contribution in [3.05, 3.63) is 69.6 Å². The van der Waals surface area contributed by atoms with E-state index >= 15 is 0 Å². The number of anilines is 1. The molecule has 0 saturated carbocycles. The summed E-state index contributed by atoms with van der Waals surface area (Å²) in [6, 6.07) is 10.4. The number of aromatic nitrogens is 1. The van der Waals surface area contributed by atoms with Crippen molar-refractivity contribution in [2.24, 2.45) is 7.05 Å². The molecule has 0 unspecified atom stereocenters. The molecule has 3 fully saturated rings. The first-order valence-electron chi connectivity index (χ1n) is 17.5. The van der Waals surface area contributed by atoms with Gasteiger partial charge in [-0.05, 0) is 80.1 Å². The van der Waals surface area contributed by atoms with Gasteiger partial charge in [-0.3, -0.25) is 29.5 Å². The summed E-state index contributed by atoms with van der Waals surface area (Å²) in [5.74, 6) is 1.52. The van der Waals surface area contributed by atoms with Crippen molar-refractivity contribution < 1.29 is 33.3 Å². The number of ether oxygens (including phenoxy) is 4. The van der Waals surface area contributed by atoms with E-state index in [9.17, 15) is 19.2 Å². The molecular formula is C38H47N5O8. The second kappa shape index (κ2) is 15.6. The van der Waals surface area contributed by atoms with Crippen LogP contribution in [0.1, 0.15) is 53.6 Å². The van der Waals surface area contributed by atoms with Gasteiger partial charge < -0.3 is 28.4 Å². The van der Waals surface area contributed by atoms with Crippen LogP contribution in [-0.4, -0.2) is 98.5 Å². The highest BCUT2D eigenvalue weighted by Gasteiger charge is 2.31. The summed E-state index contributed by atoms with van der Waals surface area (Å²) in [4.78, 5) is 55.6. The zero-order chi connectivity index (χ0) is 36.2. The van der Waals surface area contributed by atoms with Gasteiger partial charge in [0.2, 0.25) is 5.91 Å². The van der Waals surface area contributed by atoms with E-state index in [0.29, 0.717) is 42.2 Å². The number of hydrogen-bond acceptors (Lipinski definition) is 9. The van der Waals surface area contributed by atoms with E-state index in [0.717, 1.165) is 67.0 Å². The number of hydrogen-bond donors (Lipinski definition) is 1. The Hall–Kier alpha value is -4.88. The molecule has 0 aliphatic carbocycles. The fourth-order valence-electron chi connectivity index (χ4n) is 7.25. The zero-order valence-electron chi connectivity index (χ0n) is 30.0. The molecule has 4 heterocycles. The number of carbonyl (C=O) groups is 3. The third-order valence-corrected chi connectivity index (χ3v) is 10.1. The summed E-state index contributed by atoms with van der Waals surface area (Å²) in [5, 5.41) is 2.33. The Bertz CT molecular complexity index is 1790. The molecule has 13 nitrogen and oxygen atoms in total. The maximum Gasteiger partial charge on any atom is 0.328 e. The van der Waals surface area contributed by atoms with Crippen molar-refractivity contribution in [2.75, 3.05) is 59.0 Å². The van der Waals surface area contributed by atoms with E-state index in [4.69, 9.17) is 18.9 Å². The first-order valence-corrected chi connectivity index (χ1v) is 17.5. The lowest BCUT2D eigenvalue weighted by atomic mass is 10.0. The third kappa shape index (κ3) is 7.89. The number of likely N-dealkylation sites (tertiary alicyclic amines) is 2. The van der Waals surface area contributed by atoms with Crippen LogP contribution < -0.4 is 30.0 Å². The summed E-state index contributed by atoms with van der Waals surface area (Å²) in [5.41, 5.74) is 4.41. The average molecular weight is 702 g/mol. The molecule has 0 radical (unpaired) electrons. The molecule has 1 N–H and O–H groups in total. The third-order valence-electron chi connectivity index (χ3n) is 10.1. The van der Waals surface area contributed by atoms with Crippen LogP contribution >= 0.6 is 0 Å². The van der Waals surface area contributed by atoms with Crippen molar-refractivity contribution in [3.63, 3.8) is 0 Å². The van der Waals surface area contributed by atoms with Crippen LogP contribution in [0.3, 0.4) is 0 Å². The Kier molecular flexibility index (Phi) is 11.0. The molecule has 3 aliphatic heterocycles. The highest BCUT2D eigenvalue weighted by molar-refractivity contribution is 6.07. The lowest BCUT2D eigenvalue weighted by Gasteiger charge is -2.37. The Labute approximate surface area is 298 Å². The normalized spacial score (nSPS) is 17.7. The molecule has 2 aromatic carbocycles. The predicted octanol–water partition coefficient (Wildman–Crippen LogP) is 4.12. The van der Waals surface area contributed by atoms with E-state index < -0.39 is 6.03 Å². The smallest absolute Gasteiger partial charge is 0.328 e. The minimum atomic E-state index is -0.527. The van der Waals surface area contributed by atoms with E-state index in [1.54, 1.807) is 44.0 Å². The van der Waals surface area contributed by atoms with Gasteiger partial charge in [0.05, 0.1) is 44.8 Å². The molecule has 51 heavy (non-hydrogen) atoms. The second-order valence-electron chi connectivity index (χ2n) is 13.4. The number of imide groups is 1. The van der Waals surface area contributed by atoms with Crippen LogP contribution in [-0.2, 0) is 23.1 Å². The molecule has 0 bridgehead atoms. The molecular weight excluding hydrogens is 654 g/mol. The Morgan fingerprint density at radius 1 is 0.804 bits per heavy atom. The van der Waals surface area contributed by atoms with Gasteiger partial charge in [0.25, 0.3) is 11.5 Å². The maximum absolute atomic E-state index is 13.5. The van der Waals surface area contributed by atoms with E-state index in [1.807, 2.05) is 36.2 Å². The summed E-state index contributed by atoms with van der Waals surface area (Å²) < 4.78 is 25.3. The Morgan fingerprint density at radius 3 is 2.02 bits per heavy atom. The molecule has 0 atom stereocenters. The number of aryl methyl sites for hydroxylation is 2. The van der Waals surface area contributed by atoms with Crippen molar-refractivity contribution in [2.45, 2.75) is 57.8 Å². The van der Waals surface area contributed by atoms with Crippen LogP contribution in [0.2, 0.25) is 0 Å². The molecule has 3 saturated heterocycles. The molecule has 13 heteroatoms. The minimum Gasteiger partial charge on any atom is -0.496 e. The molecule has 272 valence electrons. The second-order valence-corrected chi connectivity index (χ2v) is 13.4. The molecule has 3 aromatic rings. The van der Waals surface area contributed by atoms with Gasteiger partial charge in [-0.1, -0.05) is 0 Å². The van der Waals surface area contributed by atoms with Gasteiger partial charge in [0.1, 0.15) is 17.2 Å². The molecule has 0 spiro atoms. The van der Waals surface area contributed by atoms with Crippen molar-refractivity contribution in [1.29, 1.82) is 0 Å². The number of amides is 4. The first kappa shape index (κ1) is 35.9. The highest BCUT2D eigenvalue weighted by Crippen LogP contribution is 2.37. The topological polar surface area (TPSA) is 132 Å². The van der Waals surface area contributed by atoms with E-state index in [2.05, 4.69) is 10.2 Å². The summed E-state index contributed by atoms with van der Waals surface area (Å²) >= 11 is 0. The lowest BCUT2D eigenvalue weighted by Crippen LogP contribution is -2.49. The number of nitrogens with zero attached hydrogens (tertiary/aromatic N) is 4. The summed E-state index contributed by atoms with van der Waals surface area (Å²) in [6.07, 6.45) is 5.56. The van der Waals surface area contributed by atoms with Gasteiger partial charge in [0, 0.05) is 70.1 Å². The van der Waals surface area contributed by atoms with Gasteiger partial charge in [-0.25, -0.2) is 4.79 Å². The largest absolute Gasteiger partial charge is 0.496 e. The quantitative estimate of drug-likeness (QED) is 0.332. The predicted molar refractivity (Wildman–Crippen MR) is 192 cm³/mol. The number of carbonyl (C=O) groups excluding carboxylic acids is 3. The summed E-state index contributed by atoms with van der Waals surface area (Å²) in [6.45, 7) is 5.62. The fourth-order valence-corrected chi connectivity index (χ4v) is 7.25. The Morgan fingerprint density at radius 2 is 1.43 bits per heavy atom. The molecule has 3 aliphatic rings. The average Bonchev–Trinajstić information content (AvgIpc) is 3.14. The van der Waals surface area contributed by atoms with Gasteiger partial charge >= 0.3 is 6.03 Å².